The average Bonchev–Trinajstić information content (AvgIpc) is 2.57. The van der Waals surface area contributed by atoms with Gasteiger partial charge in [-0.3, -0.25) is 0 Å². The molecule has 0 heterocycles. The van der Waals surface area contributed by atoms with Gasteiger partial charge >= 0.3 is 6.03 Å². The zero-order chi connectivity index (χ0) is 17.4. The predicted molar refractivity (Wildman–Crippen MR) is 90.2 cm³/mol. The number of halogens is 1. The van der Waals surface area contributed by atoms with Crippen molar-refractivity contribution in [1.29, 1.82) is 0 Å². The van der Waals surface area contributed by atoms with Gasteiger partial charge in [0.2, 0.25) is 0 Å². The summed E-state index contributed by atoms with van der Waals surface area (Å²) in [4.78, 5) is 13.3. The quantitative estimate of drug-likeness (QED) is 0.819. The Labute approximate surface area is 140 Å². The molecule has 0 spiro atoms. The number of hydrogen-bond donors (Lipinski definition) is 2. The normalized spacial score (nSPS) is 11.8. The summed E-state index contributed by atoms with van der Waals surface area (Å²) in [5.41, 5.74) is 1.11. The Morgan fingerprint density at radius 1 is 1.21 bits per heavy atom. The SMILES string of the molecule is CN(CC(O)COCc1ccccc1)C(=O)Nc1ccccc1F. The summed E-state index contributed by atoms with van der Waals surface area (Å²) < 4.78 is 18.9. The van der Waals surface area contributed by atoms with E-state index in [0.29, 0.717) is 6.61 Å². The molecule has 0 saturated heterocycles. The Bertz CT molecular complexity index is 652. The largest absolute Gasteiger partial charge is 0.389 e. The van der Waals surface area contributed by atoms with E-state index >= 15 is 0 Å². The molecule has 2 aromatic carbocycles. The molecule has 6 heteroatoms. The summed E-state index contributed by atoms with van der Waals surface area (Å²) in [6, 6.07) is 15.0. The van der Waals surface area contributed by atoms with E-state index in [1.165, 1.54) is 24.1 Å². The number of carbonyl (C=O) groups excluding carboxylic acids is 1. The number of nitrogens with zero attached hydrogens (tertiary/aromatic N) is 1. The van der Waals surface area contributed by atoms with Crippen LogP contribution in [-0.2, 0) is 11.3 Å². The van der Waals surface area contributed by atoms with Crippen molar-refractivity contribution in [2.24, 2.45) is 0 Å². The molecule has 1 unspecified atom stereocenters. The summed E-state index contributed by atoms with van der Waals surface area (Å²) in [5, 5.41) is 12.4. The number of rotatable bonds is 7. The Morgan fingerprint density at radius 2 is 1.88 bits per heavy atom. The van der Waals surface area contributed by atoms with E-state index in [4.69, 9.17) is 4.74 Å². The fourth-order valence-electron chi connectivity index (χ4n) is 2.11. The van der Waals surface area contributed by atoms with Crippen LogP contribution in [0.15, 0.2) is 54.6 Å². The number of aliphatic hydroxyl groups excluding tert-OH is 1. The Morgan fingerprint density at radius 3 is 2.58 bits per heavy atom. The Hall–Kier alpha value is -2.44. The first-order valence-electron chi connectivity index (χ1n) is 7.62. The summed E-state index contributed by atoms with van der Waals surface area (Å²) >= 11 is 0. The van der Waals surface area contributed by atoms with Crippen LogP contribution in [0.4, 0.5) is 14.9 Å². The van der Waals surface area contributed by atoms with Gasteiger partial charge < -0.3 is 20.1 Å². The van der Waals surface area contributed by atoms with Crippen molar-refractivity contribution in [3.05, 3.63) is 66.0 Å². The third-order valence-corrected chi connectivity index (χ3v) is 3.37. The number of aliphatic hydroxyl groups is 1. The lowest BCUT2D eigenvalue weighted by molar-refractivity contribution is 0.0188. The maximum Gasteiger partial charge on any atom is 0.321 e. The molecule has 128 valence electrons. The molecule has 0 radical (unpaired) electrons. The number of amides is 2. The number of carbonyl (C=O) groups is 1. The second kappa shape index (κ2) is 9.00. The van der Waals surface area contributed by atoms with E-state index in [1.807, 2.05) is 30.3 Å². The van der Waals surface area contributed by atoms with E-state index in [1.54, 1.807) is 12.1 Å². The van der Waals surface area contributed by atoms with Crippen LogP contribution in [-0.4, -0.2) is 42.3 Å². The number of hydrogen-bond acceptors (Lipinski definition) is 3. The van der Waals surface area contributed by atoms with Crippen LogP contribution in [0.1, 0.15) is 5.56 Å². The number of anilines is 1. The minimum Gasteiger partial charge on any atom is -0.389 e. The van der Waals surface area contributed by atoms with Crippen LogP contribution >= 0.6 is 0 Å². The van der Waals surface area contributed by atoms with E-state index in [9.17, 15) is 14.3 Å². The van der Waals surface area contributed by atoms with Gasteiger partial charge in [-0.25, -0.2) is 9.18 Å². The number of benzene rings is 2. The first kappa shape index (κ1) is 17.9. The van der Waals surface area contributed by atoms with Gasteiger partial charge in [0, 0.05) is 7.05 Å². The van der Waals surface area contributed by atoms with Crippen LogP contribution < -0.4 is 5.32 Å². The first-order valence-corrected chi connectivity index (χ1v) is 7.62. The Kier molecular flexibility index (Phi) is 6.72. The second-order valence-electron chi connectivity index (χ2n) is 5.45. The molecule has 2 amide bonds. The summed E-state index contributed by atoms with van der Waals surface area (Å²) in [7, 11) is 1.52. The van der Waals surface area contributed by atoms with Gasteiger partial charge in [-0.05, 0) is 17.7 Å². The van der Waals surface area contributed by atoms with E-state index < -0.39 is 18.0 Å². The third kappa shape index (κ3) is 5.64. The zero-order valence-corrected chi connectivity index (χ0v) is 13.5. The fraction of sp³-hybridized carbons (Fsp3) is 0.278. The highest BCUT2D eigenvalue weighted by Gasteiger charge is 2.15. The molecule has 1 atom stereocenters. The molecule has 2 N–H and O–H groups in total. The van der Waals surface area contributed by atoms with E-state index in [2.05, 4.69) is 5.32 Å². The van der Waals surface area contributed by atoms with E-state index in [0.717, 1.165) is 5.56 Å². The highest BCUT2D eigenvalue weighted by Crippen LogP contribution is 2.13. The first-order chi connectivity index (χ1) is 11.6. The number of para-hydroxylation sites is 1. The number of likely N-dealkylation sites (N-methyl/N-ethyl adjacent to an activating group) is 1. The van der Waals surface area contributed by atoms with Gasteiger partial charge in [0.05, 0.1) is 31.5 Å². The van der Waals surface area contributed by atoms with Crippen LogP contribution in [0.5, 0.6) is 0 Å². The fourth-order valence-corrected chi connectivity index (χ4v) is 2.11. The standard InChI is InChI=1S/C18H21FN2O3/c1-21(18(23)20-17-10-6-5-9-16(17)19)11-15(22)13-24-12-14-7-3-2-4-8-14/h2-10,15,22H,11-13H2,1H3,(H,20,23). The third-order valence-electron chi connectivity index (χ3n) is 3.37. The van der Waals surface area contributed by atoms with Gasteiger partial charge in [-0.15, -0.1) is 0 Å². The summed E-state index contributed by atoms with van der Waals surface area (Å²) in [5.74, 6) is -0.508. The molecule has 0 aromatic heterocycles. The number of nitrogens with one attached hydrogen (secondary N) is 1. The lowest BCUT2D eigenvalue weighted by Gasteiger charge is -2.21. The minimum atomic E-state index is -0.829. The number of urea groups is 1. The molecular formula is C18H21FN2O3. The van der Waals surface area contributed by atoms with Gasteiger partial charge in [-0.2, -0.15) is 0 Å². The second-order valence-corrected chi connectivity index (χ2v) is 5.45. The monoisotopic (exact) mass is 332 g/mol. The molecule has 0 aliphatic carbocycles. The van der Waals surface area contributed by atoms with Crippen molar-refractivity contribution in [2.45, 2.75) is 12.7 Å². The van der Waals surface area contributed by atoms with Crippen LogP contribution in [0.3, 0.4) is 0 Å². The van der Waals surface area contributed by atoms with Gasteiger partial charge in [-0.1, -0.05) is 42.5 Å². The van der Waals surface area contributed by atoms with Crippen molar-refractivity contribution in [1.82, 2.24) is 4.90 Å². The lowest BCUT2D eigenvalue weighted by atomic mass is 10.2. The molecule has 5 nitrogen and oxygen atoms in total. The van der Waals surface area contributed by atoms with Gasteiger partial charge in [0.15, 0.2) is 0 Å². The Balaban J connectivity index is 1.73. The molecule has 2 aromatic rings. The predicted octanol–water partition coefficient (Wildman–Crippen LogP) is 2.87. The molecule has 24 heavy (non-hydrogen) atoms. The highest BCUT2D eigenvalue weighted by molar-refractivity contribution is 5.89. The molecule has 0 aliphatic heterocycles. The lowest BCUT2D eigenvalue weighted by Crippen LogP contribution is -2.39. The van der Waals surface area contributed by atoms with Crippen LogP contribution in [0.25, 0.3) is 0 Å². The summed E-state index contributed by atoms with van der Waals surface area (Å²) in [6.45, 7) is 0.574. The van der Waals surface area contributed by atoms with Crippen molar-refractivity contribution in [3.8, 4) is 0 Å². The van der Waals surface area contributed by atoms with Crippen LogP contribution in [0, 0.1) is 5.82 Å². The van der Waals surface area contributed by atoms with Crippen molar-refractivity contribution in [3.63, 3.8) is 0 Å². The minimum absolute atomic E-state index is 0.0784. The average molecular weight is 332 g/mol. The van der Waals surface area contributed by atoms with Gasteiger partial charge in [0.25, 0.3) is 0 Å². The van der Waals surface area contributed by atoms with Crippen molar-refractivity contribution >= 4 is 11.7 Å². The van der Waals surface area contributed by atoms with Crippen molar-refractivity contribution in [2.75, 3.05) is 25.5 Å². The molecule has 0 fully saturated rings. The zero-order valence-electron chi connectivity index (χ0n) is 13.5. The molecule has 0 saturated carbocycles. The summed E-state index contributed by atoms with van der Waals surface area (Å²) in [6.07, 6.45) is -0.829. The van der Waals surface area contributed by atoms with Crippen LogP contribution in [0.2, 0.25) is 0 Å². The highest BCUT2D eigenvalue weighted by atomic mass is 19.1. The van der Waals surface area contributed by atoms with Crippen molar-refractivity contribution < 1.29 is 19.0 Å². The molecular weight excluding hydrogens is 311 g/mol. The van der Waals surface area contributed by atoms with E-state index in [-0.39, 0.29) is 18.8 Å². The molecule has 2 rings (SSSR count). The molecule has 0 aliphatic rings. The smallest absolute Gasteiger partial charge is 0.321 e. The number of ether oxygens (including phenoxy) is 1. The topological polar surface area (TPSA) is 61.8 Å². The maximum atomic E-state index is 13.5. The molecule has 0 bridgehead atoms. The maximum absolute atomic E-state index is 13.5. The van der Waals surface area contributed by atoms with Gasteiger partial charge in [0.1, 0.15) is 5.82 Å².